The Bertz CT molecular complexity index is 512. The average molecular weight is 243 g/mol. The van der Waals surface area contributed by atoms with Gasteiger partial charge in [0.1, 0.15) is 0 Å². The number of nitrogens with zero attached hydrogens (tertiary/aromatic N) is 2. The smallest absolute Gasteiger partial charge is 0.274 e. The van der Waals surface area contributed by atoms with Gasteiger partial charge in [0.25, 0.3) is 5.91 Å². The lowest BCUT2D eigenvalue weighted by Crippen LogP contribution is -2.23. The zero-order valence-corrected chi connectivity index (χ0v) is 9.96. The van der Waals surface area contributed by atoms with E-state index in [-0.39, 0.29) is 5.91 Å². The van der Waals surface area contributed by atoms with Crippen LogP contribution in [0, 0.1) is 0 Å². The second kappa shape index (κ2) is 5.88. The van der Waals surface area contributed by atoms with Gasteiger partial charge in [-0.05, 0) is 6.92 Å². The first kappa shape index (κ1) is 12.2. The first-order valence-corrected chi connectivity index (χ1v) is 5.61. The molecule has 0 aliphatic carbocycles. The Morgan fingerprint density at radius 3 is 2.50 bits per heavy atom. The zero-order chi connectivity index (χ0) is 12.8. The molecule has 1 amide bonds. The van der Waals surface area contributed by atoms with E-state index in [9.17, 15) is 4.79 Å². The number of rotatable bonds is 4. The second-order valence-electron chi connectivity index (χ2n) is 3.53. The van der Waals surface area contributed by atoms with E-state index in [1.54, 1.807) is 6.92 Å². The van der Waals surface area contributed by atoms with Gasteiger partial charge in [0, 0.05) is 18.0 Å². The molecule has 1 N–H and O–H groups in total. The molecule has 0 saturated heterocycles. The molecule has 0 aliphatic rings. The number of amides is 1. The molecule has 0 bridgehead atoms. The molecule has 18 heavy (non-hydrogen) atoms. The summed E-state index contributed by atoms with van der Waals surface area (Å²) in [6, 6.07) is 9.57. The van der Waals surface area contributed by atoms with Crippen molar-refractivity contribution in [2.45, 2.75) is 6.92 Å². The molecule has 0 radical (unpaired) electrons. The fraction of sp³-hybridized carbons (Fsp3) is 0.154. The first-order chi connectivity index (χ1) is 8.81. The molecule has 0 aliphatic heterocycles. The number of carbonyl (C=O) groups is 1. The lowest BCUT2D eigenvalue weighted by molar-refractivity contribution is 0.0364. The fourth-order valence-electron chi connectivity index (χ4n) is 1.38. The minimum absolute atomic E-state index is 0.350. The predicted octanol–water partition coefficient (Wildman–Crippen LogP) is 1.82. The standard InChI is InChI=1S/C13H13N3O2/c1-2-18-16-13(17)11-8-14-12(15-9-11)10-6-4-3-5-7-10/h3-9H,2H2,1H3,(H,16,17). The molecule has 0 fully saturated rings. The maximum atomic E-state index is 11.5. The van der Waals surface area contributed by atoms with Crippen LogP contribution in [0.15, 0.2) is 42.7 Å². The number of hydrogen-bond donors (Lipinski definition) is 1. The van der Waals surface area contributed by atoms with Crippen LogP contribution in [0.5, 0.6) is 0 Å². The van der Waals surface area contributed by atoms with Gasteiger partial charge in [-0.15, -0.1) is 0 Å². The van der Waals surface area contributed by atoms with Gasteiger partial charge in [-0.2, -0.15) is 0 Å². The number of aromatic nitrogens is 2. The first-order valence-electron chi connectivity index (χ1n) is 5.61. The minimum Gasteiger partial charge on any atom is -0.274 e. The summed E-state index contributed by atoms with van der Waals surface area (Å²) in [7, 11) is 0. The molecule has 92 valence electrons. The van der Waals surface area contributed by atoms with E-state index >= 15 is 0 Å². The van der Waals surface area contributed by atoms with Crippen LogP contribution in [-0.2, 0) is 4.84 Å². The van der Waals surface area contributed by atoms with Crippen LogP contribution in [0.3, 0.4) is 0 Å². The molecule has 5 nitrogen and oxygen atoms in total. The summed E-state index contributed by atoms with van der Waals surface area (Å²) >= 11 is 0. The lowest BCUT2D eigenvalue weighted by atomic mass is 10.2. The number of hydroxylamine groups is 1. The molecule has 5 heteroatoms. The highest BCUT2D eigenvalue weighted by atomic mass is 16.6. The summed E-state index contributed by atoms with van der Waals surface area (Å²) in [5, 5.41) is 0. The van der Waals surface area contributed by atoms with Crippen LogP contribution >= 0.6 is 0 Å². The number of carbonyl (C=O) groups excluding carboxylic acids is 1. The Hall–Kier alpha value is -2.27. The van der Waals surface area contributed by atoms with Gasteiger partial charge in [0.15, 0.2) is 5.82 Å². The van der Waals surface area contributed by atoms with Gasteiger partial charge in [-0.25, -0.2) is 15.4 Å². The summed E-state index contributed by atoms with van der Waals surface area (Å²) in [6.07, 6.45) is 2.95. The third-order valence-corrected chi connectivity index (χ3v) is 2.26. The molecule has 0 spiro atoms. The van der Waals surface area contributed by atoms with E-state index in [2.05, 4.69) is 15.4 Å². The third-order valence-electron chi connectivity index (χ3n) is 2.26. The van der Waals surface area contributed by atoms with Gasteiger partial charge >= 0.3 is 0 Å². The largest absolute Gasteiger partial charge is 0.277 e. The number of benzene rings is 1. The number of hydrogen-bond acceptors (Lipinski definition) is 4. The van der Waals surface area contributed by atoms with E-state index in [4.69, 9.17) is 4.84 Å². The Kier molecular flexibility index (Phi) is 3.98. The van der Waals surface area contributed by atoms with Gasteiger partial charge in [0.05, 0.1) is 12.2 Å². The highest BCUT2D eigenvalue weighted by Gasteiger charge is 2.07. The molecule has 2 rings (SSSR count). The normalized spacial score (nSPS) is 10.1. The summed E-state index contributed by atoms with van der Waals surface area (Å²) < 4.78 is 0. The van der Waals surface area contributed by atoms with Crippen molar-refractivity contribution in [1.29, 1.82) is 0 Å². The Balaban J connectivity index is 2.13. The Labute approximate surface area is 105 Å². The van der Waals surface area contributed by atoms with Gasteiger partial charge in [0.2, 0.25) is 0 Å². The van der Waals surface area contributed by atoms with E-state index in [0.29, 0.717) is 18.0 Å². The van der Waals surface area contributed by atoms with E-state index in [1.807, 2.05) is 30.3 Å². The third kappa shape index (κ3) is 2.89. The molecule has 0 saturated carbocycles. The van der Waals surface area contributed by atoms with Crippen molar-refractivity contribution in [2.24, 2.45) is 0 Å². The zero-order valence-electron chi connectivity index (χ0n) is 9.96. The van der Waals surface area contributed by atoms with Crippen molar-refractivity contribution in [3.63, 3.8) is 0 Å². The van der Waals surface area contributed by atoms with Crippen molar-refractivity contribution in [3.8, 4) is 11.4 Å². The maximum Gasteiger partial charge on any atom is 0.277 e. The van der Waals surface area contributed by atoms with Crippen molar-refractivity contribution >= 4 is 5.91 Å². The quantitative estimate of drug-likeness (QED) is 0.832. The average Bonchev–Trinajstić information content (AvgIpc) is 2.46. The van der Waals surface area contributed by atoms with Gasteiger partial charge < -0.3 is 0 Å². The van der Waals surface area contributed by atoms with Crippen molar-refractivity contribution < 1.29 is 9.63 Å². The molecular weight excluding hydrogens is 230 g/mol. The molecule has 2 aromatic rings. The molecule has 0 unspecified atom stereocenters. The van der Waals surface area contributed by atoms with Crippen molar-refractivity contribution in [1.82, 2.24) is 15.4 Å². The van der Waals surface area contributed by atoms with Crippen LogP contribution < -0.4 is 5.48 Å². The number of nitrogens with one attached hydrogen (secondary N) is 1. The van der Waals surface area contributed by atoms with Crippen LogP contribution in [0.2, 0.25) is 0 Å². The molecule has 1 aromatic heterocycles. The minimum atomic E-state index is -0.350. The monoisotopic (exact) mass is 243 g/mol. The lowest BCUT2D eigenvalue weighted by Gasteiger charge is -2.04. The predicted molar refractivity (Wildman–Crippen MR) is 66.6 cm³/mol. The van der Waals surface area contributed by atoms with E-state index < -0.39 is 0 Å². The Morgan fingerprint density at radius 1 is 1.22 bits per heavy atom. The summed E-state index contributed by atoms with van der Waals surface area (Å²) in [5.74, 6) is 0.236. The van der Waals surface area contributed by atoms with Crippen LogP contribution in [-0.4, -0.2) is 22.5 Å². The maximum absolute atomic E-state index is 11.5. The van der Waals surface area contributed by atoms with E-state index in [0.717, 1.165) is 5.56 Å². The molecule has 1 heterocycles. The van der Waals surface area contributed by atoms with Gasteiger partial charge in [-0.1, -0.05) is 30.3 Å². The van der Waals surface area contributed by atoms with Crippen LogP contribution in [0.4, 0.5) is 0 Å². The molecule has 0 atom stereocenters. The second-order valence-corrected chi connectivity index (χ2v) is 3.53. The molecule has 1 aromatic carbocycles. The topological polar surface area (TPSA) is 64.1 Å². The highest BCUT2D eigenvalue weighted by Crippen LogP contribution is 2.12. The fourth-order valence-corrected chi connectivity index (χ4v) is 1.38. The highest BCUT2D eigenvalue weighted by molar-refractivity contribution is 5.92. The Morgan fingerprint density at radius 2 is 1.89 bits per heavy atom. The summed E-state index contributed by atoms with van der Waals surface area (Å²) in [4.78, 5) is 24.6. The van der Waals surface area contributed by atoms with E-state index in [1.165, 1.54) is 12.4 Å². The van der Waals surface area contributed by atoms with Gasteiger partial charge in [-0.3, -0.25) is 9.63 Å². The van der Waals surface area contributed by atoms with Crippen molar-refractivity contribution in [3.05, 3.63) is 48.3 Å². The van der Waals surface area contributed by atoms with Crippen molar-refractivity contribution in [2.75, 3.05) is 6.61 Å². The summed E-state index contributed by atoms with van der Waals surface area (Å²) in [6.45, 7) is 2.20. The van der Waals surface area contributed by atoms with Crippen LogP contribution in [0.25, 0.3) is 11.4 Å². The summed E-state index contributed by atoms with van der Waals surface area (Å²) in [5.41, 5.74) is 3.56. The molecular formula is C13H13N3O2. The SMILES string of the molecule is CCONC(=O)c1cnc(-c2ccccc2)nc1. The van der Waals surface area contributed by atoms with Crippen LogP contribution in [0.1, 0.15) is 17.3 Å².